The number of nitriles is 1. The fourth-order valence-corrected chi connectivity index (χ4v) is 2.72. The van der Waals surface area contributed by atoms with Crippen LogP contribution in [0, 0.1) is 35.0 Å². The smallest absolute Gasteiger partial charge is 0.0672 e. The van der Waals surface area contributed by atoms with Crippen LogP contribution in [0.2, 0.25) is 0 Å². The topological polar surface area (TPSA) is 27.0 Å². The highest BCUT2D eigenvalue weighted by Crippen LogP contribution is 2.46. The molecule has 0 N–H and O–H groups in total. The van der Waals surface area contributed by atoms with Crippen molar-refractivity contribution in [2.24, 2.45) is 23.7 Å². The van der Waals surface area contributed by atoms with Gasteiger partial charge in [-0.15, -0.1) is 0 Å². The van der Waals surface area contributed by atoms with E-state index in [0.717, 1.165) is 24.3 Å². The summed E-state index contributed by atoms with van der Waals surface area (Å²) in [6, 6.07) is 2.48. The summed E-state index contributed by atoms with van der Waals surface area (Å²) in [6.07, 6.45) is 4.08. The first-order chi connectivity index (χ1) is 6.36. The zero-order valence-electron chi connectivity index (χ0n) is 7.95. The maximum Gasteiger partial charge on any atom is 0.0672 e. The van der Waals surface area contributed by atoms with E-state index in [0.29, 0.717) is 5.92 Å². The van der Waals surface area contributed by atoms with Crippen molar-refractivity contribution in [1.29, 1.82) is 5.26 Å². The number of likely N-dealkylation sites (tertiary alicyclic amines) is 1. The van der Waals surface area contributed by atoms with Crippen LogP contribution in [0.1, 0.15) is 19.3 Å². The zero-order valence-corrected chi connectivity index (χ0v) is 7.95. The van der Waals surface area contributed by atoms with Gasteiger partial charge in [0.1, 0.15) is 0 Å². The lowest BCUT2D eigenvalue weighted by Crippen LogP contribution is -2.29. The van der Waals surface area contributed by atoms with Crippen molar-refractivity contribution < 1.29 is 0 Å². The first-order valence-electron chi connectivity index (χ1n) is 5.49. The second-order valence-electron chi connectivity index (χ2n) is 5.05. The lowest BCUT2D eigenvalue weighted by Gasteiger charge is -2.20. The largest absolute Gasteiger partial charge is 0.301 e. The molecule has 3 fully saturated rings. The van der Waals surface area contributed by atoms with Gasteiger partial charge in [0.15, 0.2) is 0 Å². The molecular weight excluding hydrogens is 160 g/mol. The second kappa shape index (κ2) is 2.72. The third kappa shape index (κ3) is 1.46. The Bertz CT molecular complexity index is 241. The summed E-state index contributed by atoms with van der Waals surface area (Å²) in [7, 11) is 0. The average molecular weight is 176 g/mol. The minimum absolute atomic E-state index is 0.345. The Hall–Kier alpha value is -0.550. The van der Waals surface area contributed by atoms with Gasteiger partial charge in [0.25, 0.3) is 0 Å². The Morgan fingerprint density at radius 1 is 1.31 bits per heavy atom. The van der Waals surface area contributed by atoms with Crippen molar-refractivity contribution in [3.05, 3.63) is 0 Å². The van der Waals surface area contributed by atoms with E-state index in [1.54, 1.807) is 0 Å². The fourth-order valence-electron chi connectivity index (χ4n) is 2.72. The first-order valence-corrected chi connectivity index (χ1v) is 5.49. The van der Waals surface area contributed by atoms with Gasteiger partial charge in [0.2, 0.25) is 0 Å². The van der Waals surface area contributed by atoms with Gasteiger partial charge in [-0.1, -0.05) is 0 Å². The van der Waals surface area contributed by atoms with Crippen LogP contribution in [0.5, 0.6) is 0 Å². The summed E-state index contributed by atoms with van der Waals surface area (Å²) in [5.74, 6) is 3.12. The standard InChI is InChI=1S/C11H16N2/c12-4-11(8-1-2-8)7-13-5-9-3-10(9)6-13/h8-11H,1-3,5-7H2. The molecule has 2 saturated carbocycles. The molecule has 0 aromatic carbocycles. The van der Waals surface area contributed by atoms with Gasteiger partial charge >= 0.3 is 0 Å². The van der Waals surface area contributed by atoms with Gasteiger partial charge < -0.3 is 4.90 Å². The quantitative estimate of drug-likeness (QED) is 0.651. The van der Waals surface area contributed by atoms with Gasteiger partial charge in [0.05, 0.1) is 12.0 Å². The summed E-state index contributed by atoms with van der Waals surface area (Å²) < 4.78 is 0. The SMILES string of the molecule is N#CC(CN1CC2CC2C1)C1CC1. The number of piperidine rings is 1. The van der Waals surface area contributed by atoms with Gasteiger partial charge in [-0.2, -0.15) is 5.26 Å². The monoisotopic (exact) mass is 176 g/mol. The lowest BCUT2D eigenvalue weighted by molar-refractivity contribution is 0.266. The summed E-state index contributed by atoms with van der Waals surface area (Å²) in [4.78, 5) is 2.52. The first kappa shape index (κ1) is 7.82. The highest BCUT2D eigenvalue weighted by Gasteiger charge is 2.46. The lowest BCUT2D eigenvalue weighted by atomic mass is 10.1. The van der Waals surface area contributed by atoms with E-state index < -0.39 is 0 Å². The van der Waals surface area contributed by atoms with Crippen LogP contribution >= 0.6 is 0 Å². The summed E-state index contributed by atoms with van der Waals surface area (Å²) in [6.45, 7) is 3.64. The molecule has 0 aromatic rings. The van der Waals surface area contributed by atoms with Crippen LogP contribution in [0.4, 0.5) is 0 Å². The molecule has 2 heteroatoms. The summed E-state index contributed by atoms with van der Waals surface area (Å²) in [5.41, 5.74) is 0. The van der Waals surface area contributed by atoms with Crippen LogP contribution in [0.15, 0.2) is 0 Å². The Kier molecular flexibility index (Phi) is 1.63. The third-order valence-electron chi connectivity index (χ3n) is 3.87. The molecule has 1 aliphatic heterocycles. The minimum Gasteiger partial charge on any atom is -0.301 e. The third-order valence-corrected chi connectivity index (χ3v) is 3.87. The molecule has 13 heavy (non-hydrogen) atoms. The van der Waals surface area contributed by atoms with Crippen molar-refractivity contribution in [3.63, 3.8) is 0 Å². The van der Waals surface area contributed by atoms with E-state index in [-0.39, 0.29) is 0 Å². The predicted octanol–water partition coefficient (Wildman–Crippen LogP) is 1.49. The maximum atomic E-state index is 9.00. The normalized spacial score (nSPS) is 39.6. The van der Waals surface area contributed by atoms with E-state index in [9.17, 15) is 0 Å². The number of rotatable bonds is 3. The van der Waals surface area contributed by atoms with E-state index in [2.05, 4.69) is 11.0 Å². The Morgan fingerprint density at radius 2 is 2.00 bits per heavy atom. The molecule has 0 amide bonds. The molecule has 1 saturated heterocycles. The van der Waals surface area contributed by atoms with Crippen LogP contribution in [0.3, 0.4) is 0 Å². The molecule has 3 atom stereocenters. The number of nitrogens with zero attached hydrogens (tertiary/aromatic N) is 2. The van der Waals surface area contributed by atoms with E-state index in [1.165, 1.54) is 32.4 Å². The highest BCUT2D eigenvalue weighted by molar-refractivity contribution is 5.01. The van der Waals surface area contributed by atoms with E-state index >= 15 is 0 Å². The van der Waals surface area contributed by atoms with Crippen LogP contribution < -0.4 is 0 Å². The van der Waals surface area contributed by atoms with Gasteiger partial charge in [-0.25, -0.2) is 0 Å². The second-order valence-corrected chi connectivity index (χ2v) is 5.05. The van der Waals surface area contributed by atoms with Gasteiger partial charge in [-0.05, 0) is 37.0 Å². The molecule has 2 aliphatic carbocycles. The van der Waals surface area contributed by atoms with Crippen molar-refractivity contribution in [2.45, 2.75) is 19.3 Å². The summed E-state index contributed by atoms with van der Waals surface area (Å²) >= 11 is 0. The van der Waals surface area contributed by atoms with E-state index in [1.807, 2.05) is 0 Å². The Labute approximate surface area is 79.5 Å². The molecule has 70 valence electrons. The van der Waals surface area contributed by atoms with Crippen LogP contribution in [-0.2, 0) is 0 Å². The molecule has 1 heterocycles. The number of fused-ring (bicyclic) bond motifs is 1. The molecule has 3 unspecified atom stereocenters. The van der Waals surface area contributed by atoms with Gasteiger partial charge in [-0.3, -0.25) is 0 Å². The Morgan fingerprint density at radius 3 is 2.54 bits per heavy atom. The zero-order chi connectivity index (χ0) is 8.84. The predicted molar refractivity (Wildman–Crippen MR) is 49.9 cm³/mol. The molecule has 0 aromatic heterocycles. The number of hydrogen-bond donors (Lipinski definition) is 0. The molecule has 0 spiro atoms. The fraction of sp³-hybridized carbons (Fsp3) is 0.909. The van der Waals surface area contributed by atoms with E-state index in [4.69, 9.17) is 5.26 Å². The van der Waals surface area contributed by atoms with Crippen LogP contribution in [-0.4, -0.2) is 24.5 Å². The minimum atomic E-state index is 0.345. The molecular formula is C11H16N2. The molecule has 3 rings (SSSR count). The summed E-state index contributed by atoms with van der Waals surface area (Å²) in [5, 5.41) is 9.00. The van der Waals surface area contributed by atoms with Crippen molar-refractivity contribution in [1.82, 2.24) is 4.90 Å². The van der Waals surface area contributed by atoms with Crippen LogP contribution in [0.25, 0.3) is 0 Å². The molecule has 2 nitrogen and oxygen atoms in total. The van der Waals surface area contributed by atoms with Crippen molar-refractivity contribution >= 4 is 0 Å². The number of hydrogen-bond acceptors (Lipinski definition) is 2. The molecule has 0 bridgehead atoms. The van der Waals surface area contributed by atoms with Gasteiger partial charge in [0, 0.05) is 19.6 Å². The Balaban J connectivity index is 1.53. The molecule has 0 radical (unpaired) electrons. The molecule has 3 aliphatic rings. The van der Waals surface area contributed by atoms with Crippen molar-refractivity contribution in [2.75, 3.05) is 19.6 Å². The van der Waals surface area contributed by atoms with Crippen molar-refractivity contribution in [3.8, 4) is 6.07 Å². The average Bonchev–Trinajstić information content (AvgIpc) is 3.03. The maximum absolute atomic E-state index is 9.00. The highest BCUT2D eigenvalue weighted by atomic mass is 15.2.